The third-order valence-electron chi connectivity index (χ3n) is 2.02. The molecule has 3 nitrogen and oxygen atoms in total. The lowest BCUT2D eigenvalue weighted by atomic mass is 10.3. The fourth-order valence-electron chi connectivity index (χ4n) is 1.28. The van der Waals surface area contributed by atoms with Gasteiger partial charge in [0.2, 0.25) is 0 Å². The topological polar surface area (TPSA) is 29.5 Å². The maximum atomic E-state index is 12.9. The van der Waals surface area contributed by atoms with Crippen LogP contribution in [-0.2, 0) is 4.74 Å². The third-order valence-corrected chi connectivity index (χ3v) is 2.02. The van der Waals surface area contributed by atoms with Crippen molar-refractivity contribution in [2.75, 3.05) is 18.1 Å². The molecule has 0 spiro atoms. The number of nitrogens with zero attached hydrogens (tertiary/aromatic N) is 1. The summed E-state index contributed by atoms with van der Waals surface area (Å²) in [5, 5.41) is 0. The molecule has 0 atom stereocenters. The van der Waals surface area contributed by atoms with E-state index in [1.165, 1.54) is 18.2 Å². The van der Waals surface area contributed by atoms with Crippen LogP contribution in [0.2, 0.25) is 0 Å². The first kappa shape index (κ1) is 14.3. The summed E-state index contributed by atoms with van der Waals surface area (Å²) in [4.78, 5) is 12.3. The molecular formula is C11H11F4NO2. The molecule has 0 heterocycles. The van der Waals surface area contributed by atoms with Crippen LogP contribution in [0.5, 0.6) is 0 Å². The van der Waals surface area contributed by atoms with Crippen molar-refractivity contribution in [3.63, 3.8) is 0 Å². The molecule has 0 fully saturated rings. The molecule has 0 saturated carbocycles. The molecule has 0 saturated heterocycles. The van der Waals surface area contributed by atoms with E-state index >= 15 is 0 Å². The molecule has 0 bridgehead atoms. The van der Waals surface area contributed by atoms with Crippen molar-refractivity contribution in [2.24, 2.45) is 0 Å². The molecule has 0 aromatic heterocycles. The van der Waals surface area contributed by atoms with Crippen LogP contribution in [-0.4, -0.2) is 25.4 Å². The monoisotopic (exact) mass is 265 g/mol. The summed E-state index contributed by atoms with van der Waals surface area (Å²) in [7, 11) is 0. The van der Waals surface area contributed by atoms with Gasteiger partial charge in [0.25, 0.3) is 0 Å². The molecule has 7 heteroatoms. The van der Waals surface area contributed by atoms with Gasteiger partial charge in [0.1, 0.15) is 5.82 Å². The van der Waals surface area contributed by atoms with E-state index in [1.54, 1.807) is 6.92 Å². The molecule has 0 aliphatic carbocycles. The first-order valence-electron chi connectivity index (χ1n) is 5.10. The highest BCUT2D eigenvalue weighted by Gasteiger charge is 2.30. The van der Waals surface area contributed by atoms with Gasteiger partial charge in [-0.3, -0.25) is 4.90 Å². The number of anilines is 1. The summed E-state index contributed by atoms with van der Waals surface area (Å²) in [5.74, 6) is -0.588. The average Bonchev–Trinajstić information content (AvgIpc) is 2.26. The number of carbonyl (C=O) groups excluding carboxylic acids is 1. The molecule has 0 N–H and O–H groups in total. The van der Waals surface area contributed by atoms with Crippen LogP contribution >= 0.6 is 0 Å². The minimum atomic E-state index is -4.59. The van der Waals surface area contributed by atoms with Gasteiger partial charge >= 0.3 is 12.3 Å². The number of ether oxygens (including phenoxy) is 1. The first-order valence-corrected chi connectivity index (χ1v) is 5.10. The van der Waals surface area contributed by atoms with Crippen LogP contribution in [0.3, 0.4) is 0 Å². The van der Waals surface area contributed by atoms with E-state index in [9.17, 15) is 22.4 Å². The Balaban J connectivity index is 2.75. The number of alkyl halides is 3. The largest absolute Gasteiger partial charge is 0.440 e. The highest BCUT2D eigenvalue weighted by atomic mass is 19.4. The van der Waals surface area contributed by atoms with Crippen LogP contribution in [0.25, 0.3) is 0 Å². The number of hydrogen-bond acceptors (Lipinski definition) is 2. The molecule has 100 valence electrons. The van der Waals surface area contributed by atoms with E-state index in [-0.39, 0.29) is 12.2 Å². The lowest BCUT2D eigenvalue weighted by Gasteiger charge is -2.20. The maximum Gasteiger partial charge on any atom is 0.422 e. The summed E-state index contributed by atoms with van der Waals surface area (Å²) >= 11 is 0. The van der Waals surface area contributed by atoms with Gasteiger partial charge in [-0.05, 0) is 25.1 Å². The van der Waals surface area contributed by atoms with E-state index in [0.29, 0.717) is 0 Å². The van der Waals surface area contributed by atoms with Crippen molar-refractivity contribution < 1.29 is 27.1 Å². The number of carbonyl (C=O) groups is 1. The Morgan fingerprint density at radius 1 is 1.39 bits per heavy atom. The predicted molar refractivity (Wildman–Crippen MR) is 56.8 cm³/mol. The Morgan fingerprint density at radius 3 is 2.56 bits per heavy atom. The fourth-order valence-corrected chi connectivity index (χ4v) is 1.28. The van der Waals surface area contributed by atoms with E-state index in [1.807, 2.05) is 0 Å². The third kappa shape index (κ3) is 4.23. The molecule has 0 aliphatic rings. The summed E-state index contributed by atoms with van der Waals surface area (Å²) < 4.78 is 52.7. The van der Waals surface area contributed by atoms with Crippen molar-refractivity contribution in [1.82, 2.24) is 0 Å². The van der Waals surface area contributed by atoms with E-state index < -0.39 is 24.7 Å². The Bertz CT molecular complexity index is 420. The number of amides is 1. The standard InChI is InChI=1S/C11H11F4NO2/c1-2-16(9-5-3-4-8(12)6-9)10(17)18-7-11(13,14)15/h3-6H,2,7H2,1H3. The van der Waals surface area contributed by atoms with Crippen LogP contribution < -0.4 is 4.90 Å². The number of benzene rings is 1. The van der Waals surface area contributed by atoms with Gasteiger partial charge in [0.05, 0.1) is 0 Å². The Morgan fingerprint density at radius 2 is 2.06 bits per heavy atom. The van der Waals surface area contributed by atoms with E-state index in [4.69, 9.17) is 0 Å². The fraction of sp³-hybridized carbons (Fsp3) is 0.364. The zero-order valence-corrected chi connectivity index (χ0v) is 9.50. The number of hydrogen-bond donors (Lipinski definition) is 0. The molecule has 0 aliphatic heterocycles. The average molecular weight is 265 g/mol. The predicted octanol–water partition coefficient (Wildman–Crippen LogP) is 3.35. The van der Waals surface area contributed by atoms with Gasteiger partial charge < -0.3 is 4.74 Å². The van der Waals surface area contributed by atoms with E-state index in [0.717, 1.165) is 11.0 Å². The van der Waals surface area contributed by atoms with Crippen LogP contribution in [0.15, 0.2) is 24.3 Å². The van der Waals surface area contributed by atoms with Gasteiger partial charge in [0, 0.05) is 12.2 Å². The SMILES string of the molecule is CCN(C(=O)OCC(F)(F)F)c1cccc(F)c1. The second-order valence-electron chi connectivity index (χ2n) is 3.39. The Labute approximate surface area is 101 Å². The number of rotatable bonds is 3. The quantitative estimate of drug-likeness (QED) is 0.784. The van der Waals surface area contributed by atoms with Gasteiger partial charge in [-0.2, -0.15) is 13.2 Å². The minimum absolute atomic E-state index is 0.0696. The van der Waals surface area contributed by atoms with E-state index in [2.05, 4.69) is 4.74 Å². The van der Waals surface area contributed by atoms with Crippen LogP contribution in [0, 0.1) is 5.82 Å². The summed E-state index contributed by atoms with van der Waals surface area (Å²) in [6, 6.07) is 4.96. The molecule has 18 heavy (non-hydrogen) atoms. The molecule has 1 aromatic rings. The van der Waals surface area contributed by atoms with Gasteiger partial charge in [0.15, 0.2) is 6.61 Å². The summed E-state index contributed by atoms with van der Waals surface area (Å²) in [5.41, 5.74) is 0.143. The normalized spacial score (nSPS) is 11.2. The Hall–Kier alpha value is -1.79. The van der Waals surface area contributed by atoms with Gasteiger partial charge in [-0.1, -0.05) is 6.07 Å². The smallest absolute Gasteiger partial charge is 0.422 e. The van der Waals surface area contributed by atoms with Gasteiger partial charge in [-0.25, -0.2) is 9.18 Å². The highest BCUT2D eigenvalue weighted by molar-refractivity contribution is 5.87. The van der Waals surface area contributed by atoms with Gasteiger partial charge in [-0.15, -0.1) is 0 Å². The molecule has 0 unspecified atom stereocenters. The zero-order chi connectivity index (χ0) is 13.8. The molecule has 1 amide bonds. The molecular weight excluding hydrogens is 254 g/mol. The molecule has 1 aromatic carbocycles. The van der Waals surface area contributed by atoms with Crippen molar-refractivity contribution in [1.29, 1.82) is 0 Å². The second kappa shape index (κ2) is 5.70. The van der Waals surface area contributed by atoms with Crippen LogP contribution in [0.1, 0.15) is 6.92 Å². The second-order valence-corrected chi connectivity index (χ2v) is 3.39. The first-order chi connectivity index (χ1) is 8.33. The summed E-state index contributed by atoms with van der Waals surface area (Å²) in [6.07, 6.45) is -5.75. The van der Waals surface area contributed by atoms with Crippen LogP contribution in [0.4, 0.5) is 28.0 Å². The lowest BCUT2D eigenvalue weighted by molar-refractivity contribution is -0.159. The van der Waals surface area contributed by atoms with Crippen molar-refractivity contribution in [3.8, 4) is 0 Å². The summed E-state index contributed by atoms with van der Waals surface area (Å²) in [6.45, 7) is -0.0580. The maximum absolute atomic E-state index is 12.9. The van der Waals surface area contributed by atoms with Crippen molar-refractivity contribution in [2.45, 2.75) is 13.1 Å². The number of halogens is 4. The van der Waals surface area contributed by atoms with Crippen molar-refractivity contribution in [3.05, 3.63) is 30.1 Å². The Kier molecular flexibility index (Phi) is 4.52. The zero-order valence-electron chi connectivity index (χ0n) is 9.50. The lowest BCUT2D eigenvalue weighted by Crippen LogP contribution is -2.34. The molecule has 0 radical (unpaired) electrons. The molecule has 1 rings (SSSR count). The van der Waals surface area contributed by atoms with Crippen molar-refractivity contribution >= 4 is 11.8 Å². The highest BCUT2D eigenvalue weighted by Crippen LogP contribution is 2.19. The minimum Gasteiger partial charge on any atom is -0.440 e.